The van der Waals surface area contributed by atoms with Crippen molar-refractivity contribution in [3.8, 4) is 0 Å². The average molecular weight is 347 g/mol. The highest BCUT2D eigenvalue weighted by atomic mass is 32.2. The van der Waals surface area contributed by atoms with Crippen LogP contribution in [0.2, 0.25) is 0 Å². The molecule has 1 N–H and O–H groups in total. The molecule has 24 heavy (non-hydrogen) atoms. The molecule has 1 saturated heterocycles. The van der Waals surface area contributed by atoms with Crippen molar-refractivity contribution in [1.82, 2.24) is 0 Å². The molecule has 2 rings (SSSR count). The van der Waals surface area contributed by atoms with E-state index in [-0.39, 0.29) is 17.3 Å². The van der Waals surface area contributed by atoms with Crippen molar-refractivity contribution < 1.29 is 18.0 Å². The summed E-state index contributed by atoms with van der Waals surface area (Å²) < 4.78 is 24.7. The molecule has 0 aliphatic carbocycles. The van der Waals surface area contributed by atoms with E-state index >= 15 is 0 Å². The lowest BCUT2D eigenvalue weighted by Gasteiger charge is -2.34. The van der Waals surface area contributed by atoms with E-state index in [0.29, 0.717) is 12.1 Å². The Labute approximate surface area is 143 Å². The van der Waals surface area contributed by atoms with Crippen molar-refractivity contribution in [2.45, 2.75) is 27.2 Å². The van der Waals surface area contributed by atoms with Gasteiger partial charge >= 0.3 is 6.71 Å². The van der Waals surface area contributed by atoms with Gasteiger partial charge in [-0.05, 0) is 24.1 Å². The topological polar surface area (TPSA) is 80.3 Å². The number of anilines is 1. The van der Waals surface area contributed by atoms with Crippen molar-refractivity contribution in [1.29, 1.82) is 0 Å². The van der Waals surface area contributed by atoms with Gasteiger partial charge < -0.3 is 9.59 Å². The Morgan fingerprint density at radius 1 is 1.21 bits per heavy atom. The monoisotopic (exact) mass is 347 g/mol. The van der Waals surface area contributed by atoms with Crippen molar-refractivity contribution in [2.75, 3.05) is 11.0 Å². The van der Waals surface area contributed by atoms with Crippen LogP contribution >= 0.6 is 0 Å². The summed E-state index contributed by atoms with van der Waals surface area (Å²) in [5.74, 6) is 1.52. The minimum Gasteiger partial charge on any atom is -0.310 e. The normalized spacial score (nSPS) is 21.3. The number of carbonyl (C=O) groups is 2. The molecule has 0 radical (unpaired) electrons. The first-order chi connectivity index (χ1) is 11.0. The Hall–Kier alpha value is -1.89. The molecule has 0 bridgehead atoms. The maximum absolute atomic E-state index is 12.5. The summed E-state index contributed by atoms with van der Waals surface area (Å²) in [6.07, 6.45) is 3.41. The first kappa shape index (κ1) is 18.5. The number of benzene rings is 1. The van der Waals surface area contributed by atoms with Crippen LogP contribution in [0, 0.1) is 11.3 Å². The van der Waals surface area contributed by atoms with Gasteiger partial charge in [-0.15, -0.1) is 0 Å². The first-order valence-corrected chi connectivity index (χ1v) is 9.73. The molecule has 1 aromatic carbocycles. The zero-order valence-electron chi connectivity index (χ0n) is 14.4. The molecule has 7 heteroatoms. The van der Waals surface area contributed by atoms with E-state index in [1.54, 1.807) is 36.3 Å². The fraction of sp³-hybridized carbons (Fsp3) is 0.412. The molecule has 128 valence electrons. The van der Waals surface area contributed by atoms with Crippen LogP contribution in [0.1, 0.15) is 32.8 Å². The minimum atomic E-state index is -3.31. The summed E-state index contributed by atoms with van der Waals surface area (Å²) in [5.41, 5.74) is 0.689. The molecule has 1 aliphatic heterocycles. The maximum atomic E-state index is 12.5. The van der Waals surface area contributed by atoms with Crippen molar-refractivity contribution in [2.24, 2.45) is 11.3 Å². The highest BCUT2D eigenvalue weighted by Crippen LogP contribution is 2.33. The molecular formula is C17H22BNO4S. The Kier molecular flexibility index (Phi) is 5.04. The fourth-order valence-electron chi connectivity index (χ4n) is 3.09. The largest absolute Gasteiger partial charge is 0.327 e. The van der Waals surface area contributed by atoms with Gasteiger partial charge in [0.05, 0.1) is 6.26 Å². The van der Waals surface area contributed by atoms with Crippen LogP contribution in [-0.2, 0) is 19.6 Å². The molecular weight excluding hydrogens is 325 g/mol. The molecule has 1 aliphatic rings. The molecule has 1 heterocycles. The van der Waals surface area contributed by atoms with Gasteiger partial charge in [0.25, 0.3) is 0 Å². The van der Waals surface area contributed by atoms with Gasteiger partial charge in [-0.1, -0.05) is 45.0 Å². The Balaban J connectivity index is 2.17. The molecule has 1 atom stereocenters. The van der Waals surface area contributed by atoms with Crippen LogP contribution in [-0.4, -0.2) is 32.8 Å². The molecule has 1 unspecified atom stereocenters. The second kappa shape index (κ2) is 6.55. The number of rotatable bonds is 4. The third-order valence-corrected chi connectivity index (χ3v) is 4.86. The molecule has 0 saturated carbocycles. The van der Waals surface area contributed by atoms with Crippen LogP contribution in [0.15, 0.2) is 30.2 Å². The van der Waals surface area contributed by atoms with Crippen LogP contribution in [0.25, 0.3) is 6.08 Å². The van der Waals surface area contributed by atoms with Crippen molar-refractivity contribution >= 4 is 39.9 Å². The molecule has 0 amide bonds. The van der Waals surface area contributed by atoms with E-state index in [1.807, 2.05) is 20.8 Å². The Bertz CT molecular complexity index is 781. The zero-order chi connectivity index (χ0) is 18.1. The summed E-state index contributed by atoms with van der Waals surface area (Å²) in [4.78, 5) is 24.8. The van der Waals surface area contributed by atoms with E-state index in [4.69, 9.17) is 0 Å². The average Bonchev–Trinajstić information content (AvgIpc) is 2.45. The minimum absolute atomic E-state index is 0.0362. The van der Waals surface area contributed by atoms with Gasteiger partial charge in [0, 0.05) is 17.0 Å². The molecule has 0 aromatic heterocycles. The predicted molar refractivity (Wildman–Crippen MR) is 97.3 cm³/mol. The van der Waals surface area contributed by atoms with Crippen LogP contribution in [0.4, 0.5) is 5.69 Å². The SMILES string of the molecule is CC1CC(C)(C)C(=O)B(/C=C/c2ccc(NS(C)(=O)=O)cc2)C1=O. The fourth-order valence-corrected chi connectivity index (χ4v) is 3.65. The number of sulfonamides is 1. The summed E-state index contributed by atoms with van der Waals surface area (Å²) in [7, 11) is -3.31. The number of hydrogen-bond acceptors (Lipinski definition) is 4. The van der Waals surface area contributed by atoms with Crippen LogP contribution in [0.5, 0.6) is 0 Å². The van der Waals surface area contributed by atoms with E-state index in [0.717, 1.165) is 11.8 Å². The van der Waals surface area contributed by atoms with Gasteiger partial charge in [0.15, 0.2) is 0 Å². The second-order valence-corrected chi connectivity index (χ2v) is 8.84. The van der Waals surface area contributed by atoms with Crippen molar-refractivity contribution in [3.63, 3.8) is 0 Å². The van der Waals surface area contributed by atoms with Crippen LogP contribution < -0.4 is 4.72 Å². The van der Waals surface area contributed by atoms with E-state index < -0.39 is 22.2 Å². The van der Waals surface area contributed by atoms with Gasteiger partial charge in [0.1, 0.15) is 11.4 Å². The first-order valence-electron chi connectivity index (χ1n) is 7.84. The summed E-state index contributed by atoms with van der Waals surface area (Å²) in [6.45, 7) is 4.91. The lowest BCUT2D eigenvalue weighted by molar-refractivity contribution is -0.126. The summed E-state index contributed by atoms with van der Waals surface area (Å²) in [5, 5.41) is 0. The molecule has 0 spiro atoms. The van der Waals surface area contributed by atoms with Gasteiger partial charge in [-0.2, -0.15) is 0 Å². The Morgan fingerprint density at radius 2 is 1.79 bits per heavy atom. The molecule has 5 nitrogen and oxygen atoms in total. The highest BCUT2D eigenvalue weighted by molar-refractivity contribution is 7.92. The van der Waals surface area contributed by atoms with E-state index in [9.17, 15) is 18.0 Å². The second-order valence-electron chi connectivity index (χ2n) is 7.09. The van der Waals surface area contributed by atoms with Gasteiger partial charge in [-0.25, -0.2) is 8.42 Å². The molecule has 1 aromatic rings. The van der Waals surface area contributed by atoms with Crippen molar-refractivity contribution in [3.05, 3.63) is 35.8 Å². The third-order valence-electron chi connectivity index (χ3n) is 4.25. The quantitative estimate of drug-likeness (QED) is 0.848. The highest BCUT2D eigenvalue weighted by Gasteiger charge is 2.46. The van der Waals surface area contributed by atoms with E-state index in [1.165, 1.54) is 0 Å². The third kappa shape index (κ3) is 4.35. The maximum Gasteiger partial charge on any atom is 0.327 e. The van der Waals surface area contributed by atoms with Gasteiger partial charge in [0.2, 0.25) is 10.0 Å². The summed E-state index contributed by atoms with van der Waals surface area (Å²) >= 11 is 0. The smallest absolute Gasteiger partial charge is 0.310 e. The Morgan fingerprint density at radius 3 is 2.33 bits per heavy atom. The zero-order valence-corrected chi connectivity index (χ0v) is 15.2. The lowest BCUT2D eigenvalue weighted by atomic mass is 9.33. The number of hydrogen-bond donors (Lipinski definition) is 1. The lowest BCUT2D eigenvalue weighted by Crippen LogP contribution is -2.51. The standard InChI is InChI=1S/C17H22BNO4S/c1-12-11-17(2,3)16(21)18(15(12)20)10-9-13-5-7-14(8-6-13)19-24(4,22)23/h5-10,12,19H,11H2,1-4H3/b10-9+. The number of carbonyl (C=O) groups excluding carboxylic acids is 2. The summed E-state index contributed by atoms with van der Waals surface area (Å²) in [6, 6.07) is 6.74. The predicted octanol–water partition coefficient (Wildman–Crippen LogP) is 2.39. The van der Waals surface area contributed by atoms with E-state index in [2.05, 4.69) is 4.72 Å². The van der Waals surface area contributed by atoms with Crippen LogP contribution in [0.3, 0.4) is 0 Å². The number of nitrogens with one attached hydrogen (secondary N) is 1. The molecule has 1 fully saturated rings. The van der Waals surface area contributed by atoms with Gasteiger partial charge in [-0.3, -0.25) is 4.72 Å².